The maximum absolute atomic E-state index is 12.3. The van der Waals surface area contributed by atoms with Gasteiger partial charge >= 0.3 is 0 Å². The number of ether oxygens (including phenoxy) is 2. The molecule has 0 amide bonds. The highest BCUT2D eigenvalue weighted by Crippen LogP contribution is 2.23. The van der Waals surface area contributed by atoms with Crippen molar-refractivity contribution >= 4 is 11.5 Å². The summed E-state index contributed by atoms with van der Waals surface area (Å²) >= 11 is 0. The van der Waals surface area contributed by atoms with Crippen molar-refractivity contribution in [2.75, 3.05) is 20.0 Å². The number of carbonyl (C=O) groups is 1. The van der Waals surface area contributed by atoms with Crippen LogP contribution in [0.3, 0.4) is 0 Å². The third kappa shape index (κ3) is 3.29. The van der Waals surface area contributed by atoms with Crippen LogP contribution in [0.25, 0.3) is 0 Å². The van der Waals surface area contributed by atoms with Gasteiger partial charge in [-0.15, -0.1) is 0 Å². The van der Waals surface area contributed by atoms with Gasteiger partial charge in [0, 0.05) is 23.7 Å². The number of hydrogen-bond acceptors (Lipinski definition) is 4. The highest BCUT2D eigenvalue weighted by atomic mass is 16.5. The van der Waals surface area contributed by atoms with Gasteiger partial charge in [0.2, 0.25) is 0 Å². The molecule has 0 spiro atoms. The maximum atomic E-state index is 12.3. The molecule has 0 aromatic heterocycles. The Balaban J connectivity index is 2.22. The monoisotopic (exact) mass is 271 g/mol. The van der Waals surface area contributed by atoms with Crippen molar-refractivity contribution in [2.45, 2.75) is 6.42 Å². The first-order chi connectivity index (χ1) is 9.62. The van der Waals surface area contributed by atoms with E-state index in [0.717, 1.165) is 5.56 Å². The van der Waals surface area contributed by atoms with Gasteiger partial charge in [-0.25, -0.2) is 0 Å². The largest absolute Gasteiger partial charge is 0.497 e. The van der Waals surface area contributed by atoms with Crippen molar-refractivity contribution in [3.8, 4) is 11.5 Å². The third-order valence-corrected chi connectivity index (χ3v) is 3.02. The van der Waals surface area contributed by atoms with Gasteiger partial charge in [0.1, 0.15) is 11.5 Å². The van der Waals surface area contributed by atoms with Gasteiger partial charge in [-0.3, -0.25) is 4.79 Å². The number of methoxy groups -OCH3 is 2. The first kappa shape index (κ1) is 13.9. The second kappa shape index (κ2) is 6.10. The molecule has 0 unspecified atom stereocenters. The fourth-order valence-corrected chi connectivity index (χ4v) is 1.89. The predicted octanol–water partition coefficient (Wildman–Crippen LogP) is 2.71. The Hall–Kier alpha value is -2.49. The number of rotatable bonds is 5. The van der Waals surface area contributed by atoms with E-state index in [-0.39, 0.29) is 5.78 Å². The van der Waals surface area contributed by atoms with E-state index in [1.54, 1.807) is 44.6 Å². The van der Waals surface area contributed by atoms with Gasteiger partial charge < -0.3 is 15.2 Å². The van der Waals surface area contributed by atoms with E-state index < -0.39 is 0 Å². The van der Waals surface area contributed by atoms with Crippen LogP contribution in [-0.4, -0.2) is 20.0 Å². The molecular weight excluding hydrogens is 254 g/mol. The van der Waals surface area contributed by atoms with E-state index in [2.05, 4.69) is 0 Å². The van der Waals surface area contributed by atoms with E-state index in [4.69, 9.17) is 15.2 Å². The van der Waals surface area contributed by atoms with Crippen LogP contribution in [0.4, 0.5) is 5.69 Å². The summed E-state index contributed by atoms with van der Waals surface area (Å²) in [6.45, 7) is 0. The minimum atomic E-state index is 0.00646. The summed E-state index contributed by atoms with van der Waals surface area (Å²) in [5, 5.41) is 0. The fraction of sp³-hybridized carbons (Fsp3) is 0.188. The van der Waals surface area contributed by atoms with Crippen LogP contribution in [0.5, 0.6) is 11.5 Å². The Bertz CT molecular complexity index is 583. The molecule has 2 N–H and O–H groups in total. The molecule has 0 aliphatic heterocycles. The highest BCUT2D eigenvalue weighted by Gasteiger charge is 2.10. The number of Topliss-reactive ketones (excluding diaryl/α,β-unsaturated/α-hetero) is 1. The minimum absolute atomic E-state index is 0.00646. The van der Waals surface area contributed by atoms with E-state index >= 15 is 0 Å². The summed E-state index contributed by atoms with van der Waals surface area (Å²) in [5.41, 5.74) is 7.80. The lowest BCUT2D eigenvalue weighted by Gasteiger charge is -2.08. The molecule has 20 heavy (non-hydrogen) atoms. The molecule has 0 bridgehead atoms. The van der Waals surface area contributed by atoms with Crippen LogP contribution in [-0.2, 0) is 6.42 Å². The van der Waals surface area contributed by atoms with Gasteiger partial charge in [-0.1, -0.05) is 12.1 Å². The van der Waals surface area contributed by atoms with Gasteiger partial charge in [0.25, 0.3) is 0 Å². The zero-order valence-electron chi connectivity index (χ0n) is 11.6. The summed E-state index contributed by atoms with van der Waals surface area (Å²) in [7, 11) is 3.12. The molecule has 2 aromatic carbocycles. The Morgan fingerprint density at radius 3 is 2.05 bits per heavy atom. The van der Waals surface area contributed by atoms with Crippen LogP contribution in [0.2, 0.25) is 0 Å². The Morgan fingerprint density at radius 2 is 1.55 bits per heavy atom. The number of nitrogen functional groups attached to an aromatic ring is 1. The summed E-state index contributed by atoms with van der Waals surface area (Å²) in [5.74, 6) is 1.21. The molecule has 0 saturated heterocycles. The Labute approximate surface area is 118 Å². The highest BCUT2D eigenvalue weighted by molar-refractivity contribution is 5.98. The van der Waals surface area contributed by atoms with E-state index in [1.165, 1.54) is 0 Å². The zero-order valence-corrected chi connectivity index (χ0v) is 11.6. The van der Waals surface area contributed by atoms with Crippen LogP contribution >= 0.6 is 0 Å². The number of ketones is 1. The average molecular weight is 271 g/mol. The topological polar surface area (TPSA) is 61.5 Å². The van der Waals surface area contributed by atoms with Crippen molar-refractivity contribution in [3.05, 3.63) is 53.6 Å². The van der Waals surface area contributed by atoms with E-state index in [9.17, 15) is 4.79 Å². The smallest absolute Gasteiger partial charge is 0.167 e. The third-order valence-electron chi connectivity index (χ3n) is 3.02. The lowest BCUT2D eigenvalue weighted by atomic mass is 10.0. The summed E-state index contributed by atoms with van der Waals surface area (Å²) in [4.78, 5) is 12.3. The van der Waals surface area contributed by atoms with Crippen LogP contribution in [0.15, 0.2) is 42.5 Å². The van der Waals surface area contributed by atoms with Crippen molar-refractivity contribution in [1.29, 1.82) is 0 Å². The molecule has 0 saturated carbocycles. The lowest BCUT2D eigenvalue weighted by molar-refractivity contribution is 0.0992. The molecule has 2 rings (SSSR count). The molecule has 0 aliphatic rings. The van der Waals surface area contributed by atoms with E-state index in [0.29, 0.717) is 29.2 Å². The second-order valence-corrected chi connectivity index (χ2v) is 4.44. The quantitative estimate of drug-likeness (QED) is 0.671. The molecule has 0 heterocycles. The fourth-order valence-electron chi connectivity index (χ4n) is 1.89. The lowest BCUT2D eigenvalue weighted by Crippen LogP contribution is -2.04. The number of anilines is 1. The maximum Gasteiger partial charge on any atom is 0.167 e. The second-order valence-electron chi connectivity index (χ2n) is 4.44. The molecule has 104 valence electrons. The summed E-state index contributed by atoms with van der Waals surface area (Å²) in [6.07, 6.45) is 0.316. The first-order valence-corrected chi connectivity index (χ1v) is 6.23. The summed E-state index contributed by atoms with van der Waals surface area (Å²) in [6, 6.07) is 12.4. The SMILES string of the molecule is COc1cc(OC)cc(C(=O)Cc2ccc(N)cc2)c1. The molecule has 4 nitrogen and oxygen atoms in total. The van der Waals surface area contributed by atoms with Gasteiger partial charge in [-0.2, -0.15) is 0 Å². The van der Waals surface area contributed by atoms with Gasteiger partial charge in [0.15, 0.2) is 5.78 Å². The standard InChI is InChI=1S/C16H17NO3/c1-19-14-8-12(9-15(10-14)20-2)16(18)7-11-3-5-13(17)6-4-11/h3-6,8-10H,7,17H2,1-2H3. The van der Waals surface area contributed by atoms with Gasteiger partial charge in [0.05, 0.1) is 14.2 Å². The number of carbonyl (C=O) groups excluding carboxylic acids is 1. The van der Waals surface area contributed by atoms with E-state index in [1.807, 2.05) is 12.1 Å². The van der Waals surface area contributed by atoms with Crippen LogP contribution in [0, 0.1) is 0 Å². The Morgan fingerprint density at radius 1 is 1.00 bits per heavy atom. The first-order valence-electron chi connectivity index (χ1n) is 6.23. The van der Waals surface area contributed by atoms with Crippen molar-refractivity contribution in [2.24, 2.45) is 0 Å². The van der Waals surface area contributed by atoms with Crippen molar-refractivity contribution in [3.63, 3.8) is 0 Å². The molecule has 2 aromatic rings. The number of benzene rings is 2. The molecule has 0 aliphatic carbocycles. The van der Waals surface area contributed by atoms with Crippen molar-refractivity contribution in [1.82, 2.24) is 0 Å². The number of nitrogens with two attached hydrogens (primary N) is 1. The van der Waals surface area contributed by atoms with Crippen molar-refractivity contribution < 1.29 is 14.3 Å². The average Bonchev–Trinajstić information content (AvgIpc) is 2.48. The molecule has 4 heteroatoms. The minimum Gasteiger partial charge on any atom is -0.497 e. The Kier molecular flexibility index (Phi) is 4.25. The zero-order chi connectivity index (χ0) is 14.5. The number of hydrogen-bond donors (Lipinski definition) is 1. The molecular formula is C16H17NO3. The molecule has 0 fully saturated rings. The van der Waals surface area contributed by atoms with Crippen LogP contribution in [0.1, 0.15) is 15.9 Å². The molecule has 0 atom stereocenters. The normalized spacial score (nSPS) is 10.1. The van der Waals surface area contributed by atoms with Crippen LogP contribution < -0.4 is 15.2 Å². The molecule has 0 radical (unpaired) electrons. The predicted molar refractivity (Wildman–Crippen MR) is 78.4 cm³/mol. The summed E-state index contributed by atoms with van der Waals surface area (Å²) < 4.78 is 10.3. The van der Waals surface area contributed by atoms with Gasteiger partial charge in [-0.05, 0) is 29.8 Å².